The number of nitrogens with zero attached hydrogens (tertiary/aromatic N) is 1. The number of aliphatic hydroxyl groups excluding tert-OH is 2. The molecule has 0 spiro atoms. The van der Waals surface area contributed by atoms with Crippen LogP contribution in [0.1, 0.15) is 10.4 Å². The Morgan fingerprint density at radius 1 is 1.40 bits per heavy atom. The number of ketones is 1. The first-order valence-electron chi connectivity index (χ1n) is 3.96. The van der Waals surface area contributed by atoms with E-state index in [1.54, 1.807) is 12.1 Å². The standard InChI is InChI=1S/C9H9NO4.H2O/c11-5-8(12)9(13)6-3-1-2-4-7(6)10-14;/h1-4,8,11-12H,5H2;1H2. The number of hydrogen-bond donors (Lipinski definition) is 2. The van der Waals surface area contributed by atoms with Gasteiger partial charge in [0.15, 0.2) is 5.78 Å². The van der Waals surface area contributed by atoms with Crippen LogP contribution in [0.4, 0.5) is 5.69 Å². The first kappa shape index (κ1) is 13.4. The molecule has 0 bridgehead atoms. The van der Waals surface area contributed by atoms with Crippen molar-refractivity contribution in [1.82, 2.24) is 0 Å². The zero-order valence-corrected chi connectivity index (χ0v) is 7.75. The van der Waals surface area contributed by atoms with Crippen LogP contribution in [0.5, 0.6) is 0 Å². The molecule has 82 valence electrons. The Morgan fingerprint density at radius 3 is 2.53 bits per heavy atom. The fraction of sp³-hybridized carbons (Fsp3) is 0.222. The monoisotopic (exact) mass is 213 g/mol. The molecule has 0 fully saturated rings. The lowest BCUT2D eigenvalue weighted by Crippen LogP contribution is -2.24. The van der Waals surface area contributed by atoms with Gasteiger partial charge in [0, 0.05) is 5.56 Å². The molecule has 0 heterocycles. The molecule has 0 saturated heterocycles. The van der Waals surface area contributed by atoms with Gasteiger partial charge >= 0.3 is 0 Å². The van der Waals surface area contributed by atoms with Crippen molar-refractivity contribution in [3.05, 3.63) is 34.7 Å². The maximum absolute atomic E-state index is 11.3. The summed E-state index contributed by atoms with van der Waals surface area (Å²) in [6, 6.07) is 5.84. The zero-order chi connectivity index (χ0) is 10.6. The molecular formula is C9H11NO5. The molecule has 0 aromatic heterocycles. The highest BCUT2D eigenvalue weighted by Crippen LogP contribution is 2.19. The summed E-state index contributed by atoms with van der Waals surface area (Å²) in [4.78, 5) is 21.6. The summed E-state index contributed by atoms with van der Waals surface area (Å²) in [7, 11) is 0. The molecule has 1 unspecified atom stereocenters. The van der Waals surface area contributed by atoms with Crippen molar-refractivity contribution in [1.29, 1.82) is 0 Å². The van der Waals surface area contributed by atoms with Crippen molar-refractivity contribution in [2.75, 3.05) is 6.61 Å². The lowest BCUT2D eigenvalue weighted by atomic mass is 10.1. The number of benzene rings is 1. The van der Waals surface area contributed by atoms with Crippen molar-refractivity contribution in [2.24, 2.45) is 5.18 Å². The van der Waals surface area contributed by atoms with Crippen LogP contribution in [0, 0.1) is 4.91 Å². The van der Waals surface area contributed by atoms with E-state index >= 15 is 0 Å². The summed E-state index contributed by atoms with van der Waals surface area (Å²) in [6.45, 7) is -0.675. The Labute approximate surface area is 85.5 Å². The third kappa shape index (κ3) is 2.91. The molecule has 1 atom stereocenters. The highest BCUT2D eigenvalue weighted by Gasteiger charge is 2.19. The van der Waals surface area contributed by atoms with E-state index in [4.69, 9.17) is 10.2 Å². The van der Waals surface area contributed by atoms with Gasteiger partial charge in [-0.2, -0.15) is 0 Å². The first-order chi connectivity index (χ1) is 6.70. The van der Waals surface area contributed by atoms with Crippen LogP contribution < -0.4 is 0 Å². The molecule has 1 aromatic rings. The van der Waals surface area contributed by atoms with Gasteiger partial charge in [-0.05, 0) is 17.3 Å². The van der Waals surface area contributed by atoms with Crippen LogP contribution in [0.3, 0.4) is 0 Å². The second-order valence-electron chi connectivity index (χ2n) is 2.67. The smallest absolute Gasteiger partial charge is 0.195 e. The molecular weight excluding hydrogens is 202 g/mol. The van der Waals surface area contributed by atoms with E-state index in [1.807, 2.05) is 0 Å². The minimum atomic E-state index is -1.50. The molecule has 1 rings (SSSR count). The average molecular weight is 213 g/mol. The minimum Gasteiger partial charge on any atom is -0.412 e. The van der Waals surface area contributed by atoms with Crippen LogP contribution in [-0.2, 0) is 0 Å². The van der Waals surface area contributed by atoms with E-state index in [0.717, 1.165) is 0 Å². The molecule has 0 aliphatic heterocycles. The Kier molecular flexibility index (Phi) is 5.32. The lowest BCUT2D eigenvalue weighted by Gasteiger charge is -2.06. The van der Waals surface area contributed by atoms with Crippen LogP contribution in [0.2, 0.25) is 0 Å². The number of nitroso groups, excluding NO2 is 1. The Hall–Kier alpha value is -1.63. The van der Waals surface area contributed by atoms with Gasteiger partial charge in [0.05, 0.1) is 6.61 Å². The summed E-state index contributed by atoms with van der Waals surface area (Å²) in [6.07, 6.45) is -1.50. The van der Waals surface area contributed by atoms with Crippen LogP contribution in [0.25, 0.3) is 0 Å². The van der Waals surface area contributed by atoms with Crippen molar-refractivity contribution in [3.8, 4) is 0 Å². The molecule has 1 aromatic carbocycles. The molecule has 6 heteroatoms. The van der Waals surface area contributed by atoms with Crippen molar-refractivity contribution < 1.29 is 20.5 Å². The van der Waals surface area contributed by atoms with Gasteiger partial charge in [0.2, 0.25) is 0 Å². The largest absolute Gasteiger partial charge is 0.412 e. The fourth-order valence-corrected chi connectivity index (χ4v) is 1.02. The predicted octanol–water partition coefficient (Wildman–Crippen LogP) is -0.204. The number of Topliss-reactive ketones (excluding diaryl/α,β-unsaturated/α-hetero) is 1. The average Bonchev–Trinajstić information content (AvgIpc) is 2.26. The molecule has 6 nitrogen and oxygen atoms in total. The van der Waals surface area contributed by atoms with E-state index in [0.29, 0.717) is 0 Å². The number of hydrogen-bond acceptors (Lipinski definition) is 5. The molecule has 4 N–H and O–H groups in total. The van der Waals surface area contributed by atoms with E-state index in [-0.39, 0.29) is 16.7 Å². The maximum Gasteiger partial charge on any atom is 0.195 e. The van der Waals surface area contributed by atoms with Crippen LogP contribution in [0.15, 0.2) is 29.4 Å². The van der Waals surface area contributed by atoms with Gasteiger partial charge in [-0.1, -0.05) is 12.1 Å². The van der Waals surface area contributed by atoms with E-state index in [2.05, 4.69) is 5.18 Å². The minimum absolute atomic E-state index is 0. The summed E-state index contributed by atoms with van der Waals surface area (Å²) in [5.41, 5.74) is -0.0194. The van der Waals surface area contributed by atoms with E-state index in [1.165, 1.54) is 12.1 Å². The summed E-state index contributed by atoms with van der Waals surface area (Å²) in [5, 5.41) is 20.3. The Balaban J connectivity index is 0.00000196. The molecule has 0 radical (unpaired) electrons. The molecule has 15 heavy (non-hydrogen) atoms. The first-order valence-corrected chi connectivity index (χ1v) is 3.96. The normalized spacial score (nSPS) is 11.3. The second kappa shape index (κ2) is 5.97. The maximum atomic E-state index is 11.3. The molecule has 0 saturated carbocycles. The molecule has 0 amide bonds. The fourth-order valence-electron chi connectivity index (χ4n) is 1.02. The van der Waals surface area contributed by atoms with Crippen molar-refractivity contribution in [3.63, 3.8) is 0 Å². The number of aliphatic hydroxyl groups is 2. The highest BCUT2D eigenvalue weighted by atomic mass is 16.3. The van der Waals surface area contributed by atoms with Gasteiger partial charge in [-0.3, -0.25) is 4.79 Å². The van der Waals surface area contributed by atoms with Crippen molar-refractivity contribution in [2.45, 2.75) is 6.10 Å². The van der Waals surface area contributed by atoms with Gasteiger partial charge in [0.1, 0.15) is 11.8 Å². The quantitative estimate of drug-likeness (QED) is 0.531. The molecule has 0 aliphatic rings. The van der Waals surface area contributed by atoms with E-state index in [9.17, 15) is 9.70 Å². The highest BCUT2D eigenvalue weighted by molar-refractivity contribution is 6.03. The third-order valence-electron chi connectivity index (χ3n) is 1.74. The predicted molar refractivity (Wildman–Crippen MR) is 52.9 cm³/mol. The Bertz CT molecular complexity index is 352. The number of carbonyl (C=O) groups is 1. The van der Waals surface area contributed by atoms with Gasteiger partial charge in [-0.15, -0.1) is 4.91 Å². The van der Waals surface area contributed by atoms with Gasteiger partial charge in [-0.25, -0.2) is 0 Å². The summed E-state index contributed by atoms with van der Waals surface area (Å²) in [5.74, 6) is -0.706. The summed E-state index contributed by atoms with van der Waals surface area (Å²) < 4.78 is 0. The number of carbonyl (C=O) groups excluding carboxylic acids is 1. The Morgan fingerprint density at radius 2 is 2.00 bits per heavy atom. The van der Waals surface area contributed by atoms with E-state index < -0.39 is 18.5 Å². The number of rotatable bonds is 4. The SMILES string of the molecule is O.O=Nc1ccccc1C(=O)C(O)CO. The second-order valence-corrected chi connectivity index (χ2v) is 2.67. The zero-order valence-electron chi connectivity index (χ0n) is 7.75. The molecule has 0 aliphatic carbocycles. The lowest BCUT2D eigenvalue weighted by molar-refractivity contribution is 0.0588. The van der Waals surface area contributed by atoms with Crippen molar-refractivity contribution >= 4 is 11.5 Å². The van der Waals surface area contributed by atoms with Crippen LogP contribution in [-0.4, -0.2) is 34.2 Å². The topological polar surface area (TPSA) is 118 Å². The van der Waals surface area contributed by atoms with Gasteiger partial charge < -0.3 is 15.7 Å². The third-order valence-corrected chi connectivity index (χ3v) is 1.74. The van der Waals surface area contributed by atoms with Crippen LogP contribution >= 0.6 is 0 Å². The van der Waals surface area contributed by atoms with Gasteiger partial charge in [0.25, 0.3) is 0 Å². The summed E-state index contributed by atoms with van der Waals surface area (Å²) >= 11 is 0.